The molecule has 19 heavy (non-hydrogen) atoms. The molecule has 0 radical (unpaired) electrons. The molecule has 1 amide bonds. The molecule has 4 rings (SSSR count). The number of hydrogen-bond acceptors (Lipinski definition) is 3. The maximum absolute atomic E-state index is 12.3. The summed E-state index contributed by atoms with van der Waals surface area (Å²) in [6, 6.07) is -0.391. The SMILES string of the molecule is O=C(NC1CS(=O)(=O)CC1Cl)C1C2C3CCC(C3)C12. The average molecular weight is 304 g/mol. The van der Waals surface area contributed by atoms with E-state index < -0.39 is 21.3 Å². The first kappa shape index (κ1) is 12.5. The van der Waals surface area contributed by atoms with E-state index in [1.54, 1.807) is 0 Å². The Morgan fingerprint density at radius 3 is 2.26 bits per heavy atom. The van der Waals surface area contributed by atoms with Crippen LogP contribution in [-0.4, -0.2) is 37.2 Å². The Labute approximate surface area is 118 Å². The summed E-state index contributed by atoms with van der Waals surface area (Å²) < 4.78 is 23.0. The lowest BCUT2D eigenvalue weighted by molar-refractivity contribution is -0.123. The van der Waals surface area contributed by atoms with Crippen LogP contribution in [0.15, 0.2) is 0 Å². The number of hydrogen-bond donors (Lipinski definition) is 1. The van der Waals surface area contributed by atoms with Gasteiger partial charge in [0.15, 0.2) is 9.84 Å². The van der Waals surface area contributed by atoms with Crippen LogP contribution >= 0.6 is 11.6 Å². The third-order valence-corrected chi connectivity index (χ3v) is 8.02. The normalized spacial score (nSPS) is 53.0. The zero-order chi connectivity index (χ0) is 13.4. The van der Waals surface area contributed by atoms with Crippen LogP contribution in [0.5, 0.6) is 0 Å². The summed E-state index contributed by atoms with van der Waals surface area (Å²) >= 11 is 6.03. The van der Waals surface area contributed by atoms with Gasteiger partial charge in [0, 0.05) is 5.92 Å². The smallest absolute Gasteiger partial charge is 0.224 e. The summed E-state index contributed by atoms with van der Waals surface area (Å²) in [5, 5.41) is 2.43. The Morgan fingerprint density at radius 1 is 1.11 bits per heavy atom. The lowest BCUT2D eigenvalue weighted by atomic mass is 10.0. The van der Waals surface area contributed by atoms with Crippen molar-refractivity contribution in [1.29, 1.82) is 0 Å². The molecule has 0 aromatic heterocycles. The van der Waals surface area contributed by atoms with Gasteiger partial charge in [-0.15, -0.1) is 11.6 Å². The molecular weight excluding hydrogens is 286 g/mol. The highest BCUT2D eigenvalue weighted by molar-refractivity contribution is 7.91. The summed E-state index contributed by atoms with van der Waals surface area (Å²) in [6.45, 7) is 0. The van der Waals surface area contributed by atoms with E-state index in [2.05, 4.69) is 5.32 Å². The highest BCUT2D eigenvalue weighted by Gasteiger charge is 2.67. The summed E-state index contributed by atoms with van der Waals surface area (Å²) in [5.41, 5.74) is 0. The molecule has 0 spiro atoms. The van der Waals surface area contributed by atoms with E-state index in [0.29, 0.717) is 11.8 Å². The third-order valence-electron chi connectivity index (χ3n) is 5.65. The maximum atomic E-state index is 12.3. The van der Waals surface area contributed by atoms with Crippen LogP contribution in [0.2, 0.25) is 0 Å². The fourth-order valence-corrected chi connectivity index (χ4v) is 7.44. The molecule has 3 aliphatic carbocycles. The van der Waals surface area contributed by atoms with E-state index in [1.165, 1.54) is 19.3 Å². The zero-order valence-corrected chi connectivity index (χ0v) is 12.2. The van der Waals surface area contributed by atoms with Gasteiger partial charge in [-0.05, 0) is 42.9 Å². The van der Waals surface area contributed by atoms with Crippen LogP contribution < -0.4 is 5.32 Å². The Morgan fingerprint density at radius 2 is 1.74 bits per heavy atom. The van der Waals surface area contributed by atoms with Crippen LogP contribution in [0.1, 0.15) is 19.3 Å². The highest BCUT2D eigenvalue weighted by Crippen LogP contribution is 2.69. The van der Waals surface area contributed by atoms with Crippen molar-refractivity contribution in [3.8, 4) is 0 Å². The van der Waals surface area contributed by atoms with Gasteiger partial charge in [-0.2, -0.15) is 0 Å². The van der Waals surface area contributed by atoms with Gasteiger partial charge in [0.1, 0.15) is 0 Å². The van der Waals surface area contributed by atoms with Crippen LogP contribution in [0.3, 0.4) is 0 Å². The molecule has 4 aliphatic rings. The number of carbonyl (C=O) groups is 1. The fourth-order valence-electron chi connectivity index (χ4n) is 4.89. The average Bonchev–Trinajstić information content (AvgIpc) is 2.61. The molecule has 3 saturated carbocycles. The largest absolute Gasteiger partial charge is 0.351 e. The van der Waals surface area contributed by atoms with Gasteiger partial charge in [-0.1, -0.05) is 0 Å². The number of carbonyl (C=O) groups excluding carboxylic acids is 1. The van der Waals surface area contributed by atoms with Crippen molar-refractivity contribution in [2.75, 3.05) is 11.5 Å². The topological polar surface area (TPSA) is 63.2 Å². The van der Waals surface area contributed by atoms with E-state index in [4.69, 9.17) is 11.6 Å². The summed E-state index contributed by atoms with van der Waals surface area (Å²) in [6.07, 6.45) is 3.88. The molecule has 4 nitrogen and oxygen atoms in total. The van der Waals surface area contributed by atoms with Gasteiger partial charge >= 0.3 is 0 Å². The Kier molecular flexibility index (Phi) is 2.54. The lowest BCUT2D eigenvalue weighted by Gasteiger charge is -2.16. The van der Waals surface area contributed by atoms with E-state index in [9.17, 15) is 13.2 Å². The molecule has 1 saturated heterocycles. The van der Waals surface area contributed by atoms with Gasteiger partial charge in [0.05, 0.1) is 22.9 Å². The van der Waals surface area contributed by atoms with E-state index in [0.717, 1.165) is 11.8 Å². The number of halogens is 1. The van der Waals surface area contributed by atoms with Gasteiger partial charge in [0.25, 0.3) is 0 Å². The molecule has 1 N–H and O–H groups in total. The molecule has 0 aromatic carbocycles. The van der Waals surface area contributed by atoms with Crippen molar-refractivity contribution in [3.05, 3.63) is 0 Å². The first-order chi connectivity index (χ1) is 8.96. The number of fused-ring (bicyclic) bond motifs is 5. The van der Waals surface area contributed by atoms with Crippen molar-refractivity contribution in [3.63, 3.8) is 0 Å². The number of amides is 1. The second kappa shape index (κ2) is 3.88. The number of alkyl halides is 1. The first-order valence-corrected chi connectivity index (χ1v) is 9.37. The fraction of sp³-hybridized carbons (Fsp3) is 0.923. The van der Waals surface area contributed by atoms with Crippen molar-refractivity contribution in [2.45, 2.75) is 30.7 Å². The Bertz CT molecular complexity index is 518. The monoisotopic (exact) mass is 303 g/mol. The third kappa shape index (κ3) is 1.84. The summed E-state index contributed by atoms with van der Waals surface area (Å²) in [4.78, 5) is 12.3. The Balaban J connectivity index is 1.41. The highest BCUT2D eigenvalue weighted by atomic mass is 35.5. The predicted octanol–water partition coefficient (Wildman–Crippen LogP) is 0.799. The number of nitrogens with one attached hydrogen (secondary N) is 1. The minimum atomic E-state index is -3.07. The zero-order valence-electron chi connectivity index (χ0n) is 10.6. The van der Waals surface area contributed by atoms with Crippen molar-refractivity contribution in [1.82, 2.24) is 5.32 Å². The minimum absolute atomic E-state index is 0.00180. The predicted molar refractivity (Wildman–Crippen MR) is 71.5 cm³/mol. The van der Waals surface area contributed by atoms with Crippen molar-refractivity contribution >= 4 is 27.3 Å². The Hall–Kier alpha value is -0.290. The van der Waals surface area contributed by atoms with Crippen LogP contribution in [-0.2, 0) is 14.6 Å². The molecule has 0 aromatic rings. The molecular formula is C13H18ClNO3S. The molecule has 1 aliphatic heterocycles. The second-order valence-corrected chi connectivity index (χ2v) is 9.44. The van der Waals surface area contributed by atoms with Gasteiger partial charge < -0.3 is 5.32 Å². The van der Waals surface area contributed by atoms with Crippen LogP contribution in [0.4, 0.5) is 0 Å². The number of rotatable bonds is 2. The maximum Gasteiger partial charge on any atom is 0.224 e. The van der Waals surface area contributed by atoms with Gasteiger partial charge in [0.2, 0.25) is 5.91 Å². The first-order valence-electron chi connectivity index (χ1n) is 7.11. The van der Waals surface area contributed by atoms with Crippen molar-refractivity contribution in [2.24, 2.45) is 29.6 Å². The van der Waals surface area contributed by atoms with Gasteiger partial charge in [-0.3, -0.25) is 4.79 Å². The minimum Gasteiger partial charge on any atom is -0.351 e. The molecule has 1 heterocycles. The molecule has 6 heteroatoms. The molecule has 6 atom stereocenters. The number of sulfone groups is 1. The summed E-state index contributed by atoms with van der Waals surface area (Å²) in [7, 11) is -3.07. The van der Waals surface area contributed by atoms with E-state index in [1.807, 2.05) is 0 Å². The van der Waals surface area contributed by atoms with Gasteiger partial charge in [-0.25, -0.2) is 8.42 Å². The van der Waals surface area contributed by atoms with E-state index >= 15 is 0 Å². The van der Waals surface area contributed by atoms with Crippen LogP contribution in [0.25, 0.3) is 0 Å². The molecule has 6 unspecified atom stereocenters. The van der Waals surface area contributed by atoms with Crippen molar-refractivity contribution < 1.29 is 13.2 Å². The summed E-state index contributed by atoms with van der Waals surface area (Å²) in [5.74, 6) is 2.88. The molecule has 106 valence electrons. The molecule has 4 fully saturated rings. The van der Waals surface area contributed by atoms with Crippen LogP contribution in [0, 0.1) is 29.6 Å². The van der Waals surface area contributed by atoms with E-state index in [-0.39, 0.29) is 23.3 Å². The molecule has 2 bridgehead atoms. The quantitative estimate of drug-likeness (QED) is 0.768. The standard InChI is InChI=1S/C13H18ClNO3S/c14-8-4-19(17,18)5-9(8)15-13(16)12-10-6-1-2-7(3-6)11(10)12/h6-12H,1-5H2,(H,15,16). The lowest BCUT2D eigenvalue weighted by Crippen LogP contribution is -2.42. The second-order valence-electron chi connectivity index (χ2n) is 6.72.